The number of nitrogens with one attached hydrogen (secondary N) is 1. The fourth-order valence-electron chi connectivity index (χ4n) is 3.13. The molecule has 0 saturated carbocycles. The van der Waals surface area contributed by atoms with Crippen LogP contribution in [0.5, 0.6) is 0 Å². The van der Waals surface area contributed by atoms with Gasteiger partial charge in [-0.05, 0) is 32.0 Å². The van der Waals surface area contributed by atoms with E-state index in [0.29, 0.717) is 17.5 Å². The summed E-state index contributed by atoms with van der Waals surface area (Å²) in [4.78, 5) is 15.5. The minimum atomic E-state index is -0.333. The molecule has 1 aliphatic heterocycles. The average molecular weight is 320 g/mol. The average Bonchev–Trinajstić information content (AvgIpc) is 2.48. The number of piperazine rings is 1. The molecule has 1 atom stereocenters. The van der Waals surface area contributed by atoms with Crippen molar-refractivity contribution in [1.29, 1.82) is 0 Å². The molecule has 6 heteroatoms. The summed E-state index contributed by atoms with van der Waals surface area (Å²) in [5.74, 6) is 0.560. The number of nitro benzene ring substituents is 1. The van der Waals surface area contributed by atoms with Gasteiger partial charge >= 0.3 is 0 Å². The van der Waals surface area contributed by atoms with E-state index in [2.05, 4.69) is 36.0 Å². The van der Waals surface area contributed by atoms with Crippen LogP contribution in [-0.2, 0) is 0 Å². The molecular weight excluding hydrogens is 292 g/mol. The SMILES string of the molecule is Cc1cc(NCC(C(C)C)N2CCN(C)CC2)ccc1[N+](=O)[O-]. The summed E-state index contributed by atoms with van der Waals surface area (Å²) in [5.41, 5.74) is 1.82. The van der Waals surface area contributed by atoms with Gasteiger partial charge in [-0.3, -0.25) is 15.0 Å². The molecule has 1 fully saturated rings. The van der Waals surface area contributed by atoms with Crippen LogP contribution in [0.15, 0.2) is 18.2 Å². The van der Waals surface area contributed by atoms with E-state index >= 15 is 0 Å². The number of nitro groups is 1. The van der Waals surface area contributed by atoms with Crippen molar-refractivity contribution in [3.63, 3.8) is 0 Å². The van der Waals surface area contributed by atoms with Crippen molar-refractivity contribution in [2.24, 2.45) is 5.92 Å². The molecule has 0 spiro atoms. The maximum Gasteiger partial charge on any atom is 0.272 e. The summed E-state index contributed by atoms with van der Waals surface area (Å²) in [6, 6.07) is 5.71. The summed E-state index contributed by atoms with van der Waals surface area (Å²) >= 11 is 0. The van der Waals surface area contributed by atoms with Gasteiger partial charge in [-0.25, -0.2) is 0 Å². The Balaban J connectivity index is 1.99. The third-order valence-electron chi connectivity index (χ3n) is 4.69. The Morgan fingerprint density at radius 1 is 1.26 bits per heavy atom. The summed E-state index contributed by atoms with van der Waals surface area (Å²) in [5, 5.41) is 14.4. The fraction of sp³-hybridized carbons (Fsp3) is 0.647. The van der Waals surface area contributed by atoms with Gasteiger partial charge in [0.25, 0.3) is 5.69 Å². The molecule has 1 N–H and O–H groups in total. The molecule has 0 aliphatic carbocycles. The van der Waals surface area contributed by atoms with Gasteiger partial charge in [0.1, 0.15) is 0 Å². The van der Waals surface area contributed by atoms with Crippen LogP contribution in [0.1, 0.15) is 19.4 Å². The first kappa shape index (κ1) is 17.7. The molecule has 1 saturated heterocycles. The van der Waals surface area contributed by atoms with Gasteiger partial charge < -0.3 is 10.2 Å². The first-order valence-corrected chi connectivity index (χ1v) is 8.30. The number of aryl methyl sites for hydroxylation is 1. The van der Waals surface area contributed by atoms with Gasteiger partial charge in [-0.1, -0.05) is 13.8 Å². The Morgan fingerprint density at radius 2 is 1.91 bits per heavy atom. The zero-order valence-corrected chi connectivity index (χ0v) is 14.6. The Hall–Kier alpha value is -1.66. The second-order valence-corrected chi connectivity index (χ2v) is 6.79. The maximum atomic E-state index is 10.9. The van der Waals surface area contributed by atoms with E-state index in [1.807, 2.05) is 6.07 Å². The number of hydrogen-bond acceptors (Lipinski definition) is 5. The lowest BCUT2D eigenvalue weighted by Gasteiger charge is -2.40. The highest BCUT2D eigenvalue weighted by molar-refractivity contribution is 5.53. The molecule has 0 aromatic heterocycles. The summed E-state index contributed by atoms with van der Waals surface area (Å²) in [6.45, 7) is 11.6. The summed E-state index contributed by atoms with van der Waals surface area (Å²) in [6.07, 6.45) is 0. The number of benzene rings is 1. The largest absolute Gasteiger partial charge is 0.383 e. The maximum absolute atomic E-state index is 10.9. The highest BCUT2D eigenvalue weighted by Crippen LogP contribution is 2.22. The van der Waals surface area contributed by atoms with Crippen LogP contribution >= 0.6 is 0 Å². The quantitative estimate of drug-likeness (QED) is 0.645. The standard InChI is InChI=1S/C17H28N4O2/c1-13(2)17(20-9-7-19(4)8-10-20)12-18-15-5-6-16(21(22)23)14(3)11-15/h5-6,11,13,17-18H,7-10,12H2,1-4H3. The van der Waals surface area contributed by atoms with Crippen molar-refractivity contribution in [2.45, 2.75) is 26.8 Å². The third-order valence-corrected chi connectivity index (χ3v) is 4.69. The van der Waals surface area contributed by atoms with Crippen molar-refractivity contribution in [3.05, 3.63) is 33.9 Å². The molecule has 1 aromatic carbocycles. The molecular formula is C17H28N4O2. The van der Waals surface area contributed by atoms with Gasteiger partial charge in [0, 0.05) is 56.1 Å². The summed E-state index contributed by atoms with van der Waals surface area (Å²) < 4.78 is 0. The van der Waals surface area contributed by atoms with Crippen molar-refractivity contribution < 1.29 is 4.92 Å². The van der Waals surface area contributed by atoms with Crippen molar-refractivity contribution in [3.8, 4) is 0 Å². The molecule has 2 rings (SSSR count). The fourth-order valence-corrected chi connectivity index (χ4v) is 3.13. The van der Waals surface area contributed by atoms with E-state index < -0.39 is 0 Å². The highest BCUT2D eigenvalue weighted by Gasteiger charge is 2.24. The number of nitrogens with zero attached hydrogens (tertiary/aromatic N) is 3. The number of likely N-dealkylation sites (N-methyl/N-ethyl adjacent to an activating group) is 1. The summed E-state index contributed by atoms with van der Waals surface area (Å²) in [7, 11) is 2.17. The van der Waals surface area contributed by atoms with Gasteiger partial charge in [-0.15, -0.1) is 0 Å². The van der Waals surface area contributed by atoms with E-state index in [1.54, 1.807) is 19.1 Å². The van der Waals surface area contributed by atoms with Gasteiger partial charge in [0.15, 0.2) is 0 Å². The smallest absolute Gasteiger partial charge is 0.272 e. The second kappa shape index (κ2) is 7.75. The predicted octanol–water partition coefficient (Wildman–Crippen LogP) is 2.59. The lowest BCUT2D eigenvalue weighted by atomic mass is 10.0. The Morgan fingerprint density at radius 3 is 2.43 bits per heavy atom. The monoisotopic (exact) mass is 320 g/mol. The topological polar surface area (TPSA) is 61.6 Å². The number of rotatable bonds is 6. The van der Waals surface area contributed by atoms with Crippen LogP contribution < -0.4 is 5.32 Å². The number of anilines is 1. The van der Waals surface area contributed by atoms with E-state index in [4.69, 9.17) is 0 Å². The van der Waals surface area contributed by atoms with Crippen molar-refractivity contribution in [1.82, 2.24) is 9.80 Å². The zero-order valence-electron chi connectivity index (χ0n) is 14.6. The molecule has 6 nitrogen and oxygen atoms in total. The Kier molecular flexibility index (Phi) is 5.96. The molecule has 0 bridgehead atoms. The first-order chi connectivity index (χ1) is 10.9. The van der Waals surface area contributed by atoms with E-state index in [1.165, 1.54) is 0 Å². The molecule has 1 aromatic rings. The Bertz CT molecular complexity index is 539. The van der Waals surface area contributed by atoms with Crippen molar-refractivity contribution >= 4 is 11.4 Å². The lowest BCUT2D eigenvalue weighted by Crippen LogP contribution is -2.52. The molecule has 0 amide bonds. The van der Waals surface area contributed by atoms with Crippen LogP contribution in [0.2, 0.25) is 0 Å². The number of hydrogen-bond donors (Lipinski definition) is 1. The second-order valence-electron chi connectivity index (χ2n) is 6.79. The van der Waals surface area contributed by atoms with Crippen molar-refractivity contribution in [2.75, 3.05) is 45.1 Å². The Labute approximate surface area is 138 Å². The highest BCUT2D eigenvalue weighted by atomic mass is 16.6. The normalized spacial score (nSPS) is 18.1. The van der Waals surface area contributed by atoms with Gasteiger partial charge in [-0.2, -0.15) is 0 Å². The van der Waals surface area contributed by atoms with E-state index in [0.717, 1.165) is 38.4 Å². The van der Waals surface area contributed by atoms with E-state index in [-0.39, 0.29) is 10.6 Å². The molecule has 0 radical (unpaired) electrons. The molecule has 128 valence electrons. The molecule has 1 unspecified atom stereocenters. The first-order valence-electron chi connectivity index (χ1n) is 8.30. The third kappa shape index (κ3) is 4.65. The minimum absolute atomic E-state index is 0.176. The zero-order chi connectivity index (χ0) is 17.0. The predicted molar refractivity (Wildman–Crippen MR) is 94.0 cm³/mol. The van der Waals surface area contributed by atoms with Crippen LogP contribution in [0, 0.1) is 23.0 Å². The lowest BCUT2D eigenvalue weighted by molar-refractivity contribution is -0.385. The van der Waals surface area contributed by atoms with Gasteiger partial charge in [0.05, 0.1) is 4.92 Å². The van der Waals surface area contributed by atoms with Crippen LogP contribution in [0.25, 0.3) is 0 Å². The van der Waals surface area contributed by atoms with Crippen LogP contribution in [0.3, 0.4) is 0 Å². The molecule has 1 heterocycles. The molecule has 23 heavy (non-hydrogen) atoms. The van der Waals surface area contributed by atoms with Crippen LogP contribution in [0.4, 0.5) is 11.4 Å². The van der Waals surface area contributed by atoms with E-state index in [9.17, 15) is 10.1 Å². The van der Waals surface area contributed by atoms with Crippen LogP contribution in [-0.4, -0.2) is 60.5 Å². The van der Waals surface area contributed by atoms with Gasteiger partial charge in [0.2, 0.25) is 0 Å². The molecule has 1 aliphatic rings. The minimum Gasteiger partial charge on any atom is -0.383 e.